The Bertz CT molecular complexity index is 1920. The third-order valence-corrected chi connectivity index (χ3v) is 5.83. The van der Waals surface area contributed by atoms with Gasteiger partial charge in [0.25, 0.3) is 0 Å². The standard InChI is InChI=1S/C25H29N9O3/c1-35-15-16-36-19-6-4-18(5-7-19)32-11-8-31(9-12-32)10-13-33-23-20(17-27-33)24-28-22(21-3-2-14-37-21)30-34(24)25(26)29-23/h2-7,14,17H,8-13,15-16H2,1H3,(H2,26,29)/i1D3,10D2,13D2,15D2,16D2. The van der Waals surface area contributed by atoms with Crippen molar-refractivity contribution in [1.29, 1.82) is 0 Å². The van der Waals surface area contributed by atoms with E-state index in [0.29, 0.717) is 29.9 Å². The highest BCUT2D eigenvalue weighted by atomic mass is 16.5. The van der Waals surface area contributed by atoms with Gasteiger partial charge in [-0.1, -0.05) is 0 Å². The lowest BCUT2D eigenvalue weighted by Crippen LogP contribution is -2.47. The van der Waals surface area contributed by atoms with Gasteiger partial charge in [-0.15, -0.1) is 5.10 Å². The number of furan rings is 1. The van der Waals surface area contributed by atoms with Gasteiger partial charge < -0.3 is 24.5 Å². The smallest absolute Gasteiger partial charge is 0.225 e. The molecule has 1 aliphatic heterocycles. The molecule has 6 rings (SSSR count). The second kappa shape index (κ2) is 10.1. The summed E-state index contributed by atoms with van der Waals surface area (Å²) in [7, 11) is -3.19. The highest BCUT2D eigenvalue weighted by Gasteiger charge is 2.20. The molecule has 1 fully saturated rings. The largest absolute Gasteiger partial charge is 0.491 e. The molecule has 0 atom stereocenters. The Morgan fingerprint density at radius 3 is 2.70 bits per heavy atom. The highest BCUT2D eigenvalue weighted by Crippen LogP contribution is 2.24. The number of fused-ring (bicyclic) bond motifs is 3. The van der Waals surface area contributed by atoms with E-state index in [9.17, 15) is 0 Å². The zero-order valence-corrected chi connectivity index (χ0v) is 19.3. The first-order valence-electron chi connectivity index (χ1n) is 16.7. The molecule has 2 N–H and O–H groups in total. The Balaban J connectivity index is 1.16. The number of nitrogens with two attached hydrogens (primary N) is 1. The average molecular weight is 515 g/mol. The Labute approximate surface area is 228 Å². The molecule has 1 aromatic carbocycles. The van der Waals surface area contributed by atoms with Crippen molar-refractivity contribution in [2.45, 2.75) is 6.50 Å². The van der Waals surface area contributed by atoms with Crippen molar-refractivity contribution in [3.05, 3.63) is 48.9 Å². The molecule has 0 bridgehead atoms. The van der Waals surface area contributed by atoms with Gasteiger partial charge in [0.2, 0.25) is 11.8 Å². The SMILES string of the molecule is [2H]C([2H])([2H])OC([2H])([2H])C([2H])([2H])Oc1ccc(N2CCN(C([2H])([2H])C([2H])([2H])n3ncc4c3nc(N)n3nc(-c5ccco5)nc43)CC2)cc1. The number of hydrogen-bond donors (Lipinski definition) is 1. The van der Waals surface area contributed by atoms with Crippen molar-refractivity contribution in [2.24, 2.45) is 0 Å². The molecule has 192 valence electrons. The number of piperazine rings is 1. The lowest BCUT2D eigenvalue weighted by Gasteiger charge is -2.36. The third-order valence-electron chi connectivity index (χ3n) is 5.83. The van der Waals surface area contributed by atoms with Crippen molar-refractivity contribution in [3.63, 3.8) is 0 Å². The summed E-state index contributed by atoms with van der Waals surface area (Å²) in [5.41, 5.74) is 7.03. The van der Waals surface area contributed by atoms with Crippen molar-refractivity contribution in [3.8, 4) is 17.3 Å². The molecule has 0 spiro atoms. The quantitative estimate of drug-likeness (QED) is 0.313. The Kier molecular flexibility index (Phi) is 3.80. The lowest BCUT2D eigenvalue weighted by molar-refractivity contribution is 0.146. The molecule has 12 heteroatoms. The van der Waals surface area contributed by atoms with Crippen LogP contribution in [0.25, 0.3) is 28.3 Å². The Morgan fingerprint density at radius 1 is 1.05 bits per heavy atom. The van der Waals surface area contributed by atoms with Crippen LogP contribution in [0.2, 0.25) is 0 Å². The molecule has 0 unspecified atom stereocenters. The minimum absolute atomic E-state index is 0.0179. The summed E-state index contributed by atoms with van der Waals surface area (Å²) in [6, 6.07) is 9.29. The summed E-state index contributed by atoms with van der Waals surface area (Å²) in [5.74, 6) is 0.437. The average Bonchev–Trinajstić information content (AvgIpc) is 3.76. The molecule has 5 heterocycles. The van der Waals surface area contributed by atoms with Crippen LogP contribution < -0.4 is 15.4 Å². The molecule has 5 aromatic rings. The maximum Gasteiger partial charge on any atom is 0.225 e. The predicted molar refractivity (Wildman–Crippen MR) is 139 cm³/mol. The van der Waals surface area contributed by atoms with Crippen molar-refractivity contribution in [2.75, 3.05) is 63.5 Å². The molecule has 1 saturated heterocycles. The van der Waals surface area contributed by atoms with Crippen LogP contribution in [0.3, 0.4) is 0 Å². The molecule has 0 radical (unpaired) electrons. The fourth-order valence-electron chi connectivity index (χ4n) is 4.02. The summed E-state index contributed by atoms with van der Waals surface area (Å²) in [4.78, 5) is 12.0. The Hall–Kier alpha value is -4.16. The van der Waals surface area contributed by atoms with Gasteiger partial charge in [-0.3, -0.25) is 4.90 Å². The normalized spacial score (nSPS) is 21.0. The van der Waals surface area contributed by atoms with Crippen molar-refractivity contribution >= 4 is 28.3 Å². The molecule has 4 aromatic heterocycles. The van der Waals surface area contributed by atoms with E-state index in [1.165, 1.54) is 34.0 Å². The molecule has 0 amide bonds. The van der Waals surface area contributed by atoms with Crippen LogP contribution in [0, 0.1) is 0 Å². The van der Waals surface area contributed by atoms with Gasteiger partial charge in [0.15, 0.2) is 17.1 Å². The van der Waals surface area contributed by atoms with E-state index in [-0.39, 0.29) is 41.9 Å². The Morgan fingerprint density at radius 2 is 1.92 bits per heavy atom. The first-order chi connectivity index (χ1) is 22.3. The van der Waals surface area contributed by atoms with Crippen molar-refractivity contribution < 1.29 is 29.0 Å². The number of aromatic nitrogens is 6. The van der Waals surface area contributed by atoms with E-state index in [4.69, 9.17) is 30.0 Å². The van der Waals surface area contributed by atoms with Crippen molar-refractivity contribution in [1.82, 2.24) is 34.3 Å². The maximum atomic E-state index is 8.89. The summed E-state index contributed by atoms with van der Waals surface area (Å²) < 4.78 is 105. The van der Waals surface area contributed by atoms with Crippen LogP contribution in [-0.2, 0) is 11.2 Å². The first kappa shape index (κ1) is 14.0. The minimum atomic E-state index is -3.28. The third kappa shape index (κ3) is 4.68. The van der Waals surface area contributed by atoms with Gasteiger partial charge in [0.1, 0.15) is 12.3 Å². The molecule has 37 heavy (non-hydrogen) atoms. The van der Waals surface area contributed by atoms with E-state index < -0.39 is 33.1 Å². The lowest BCUT2D eigenvalue weighted by atomic mass is 10.2. The fourth-order valence-corrected chi connectivity index (χ4v) is 4.02. The van der Waals surface area contributed by atoms with Crippen LogP contribution >= 0.6 is 0 Å². The van der Waals surface area contributed by atoms with Crippen LogP contribution in [0.4, 0.5) is 11.6 Å². The van der Waals surface area contributed by atoms with E-state index in [1.807, 2.05) is 4.90 Å². The molecule has 0 saturated carbocycles. The predicted octanol–water partition coefficient (Wildman–Crippen LogP) is 2.16. The van der Waals surface area contributed by atoms with Crippen LogP contribution in [0.5, 0.6) is 5.75 Å². The number of nitrogen functional groups attached to an aromatic ring is 1. The number of benzene rings is 1. The van der Waals surface area contributed by atoms with E-state index in [0.717, 1.165) is 4.68 Å². The zero-order valence-electron chi connectivity index (χ0n) is 30.3. The number of aryl methyl sites for hydroxylation is 1. The number of rotatable bonds is 9. The topological polar surface area (TPSA) is 125 Å². The van der Waals surface area contributed by atoms with Gasteiger partial charge >= 0.3 is 0 Å². The first-order valence-corrected chi connectivity index (χ1v) is 11.2. The monoisotopic (exact) mass is 514 g/mol. The molecule has 12 nitrogen and oxygen atoms in total. The number of ether oxygens (including phenoxy) is 2. The van der Waals surface area contributed by atoms with Gasteiger partial charge in [-0.05, 0) is 36.4 Å². The molecule has 0 aliphatic carbocycles. The van der Waals surface area contributed by atoms with Crippen LogP contribution in [-0.4, -0.2) is 87.1 Å². The van der Waals surface area contributed by atoms with Gasteiger partial charge in [-0.2, -0.15) is 14.6 Å². The second-order valence-electron chi connectivity index (χ2n) is 8.01. The van der Waals surface area contributed by atoms with Crippen LogP contribution in [0.1, 0.15) is 15.1 Å². The summed E-state index contributed by atoms with van der Waals surface area (Å²) in [5, 5.41) is 8.79. The minimum Gasteiger partial charge on any atom is -0.491 e. The zero-order chi connectivity index (χ0) is 34.9. The summed E-state index contributed by atoms with van der Waals surface area (Å²) in [6.07, 6.45) is 2.80. The maximum absolute atomic E-state index is 8.89. The number of anilines is 2. The molecular weight excluding hydrogens is 474 g/mol. The highest BCUT2D eigenvalue weighted by molar-refractivity contribution is 5.90. The molecule has 1 aliphatic rings. The number of methoxy groups -OCH3 is 1. The van der Waals surface area contributed by atoms with E-state index in [1.54, 1.807) is 24.3 Å². The van der Waals surface area contributed by atoms with E-state index >= 15 is 0 Å². The molecular formula is C25H29N9O3. The van der Waals surface area contributed by atoms with Gasteiger partial charge in [0, 0.05) is 48.1 Å². The number of nitrogens with zero attached hydrogens (tertiary/aromatic N) is 8. The van der Waals surface area contributed by atoms with Gasteiger partial charge in [-0.25, -0.2) is 9.67 Å². The van der Waals surface area contributed by atoms with Gasteiger partial charge in [0.05, 0.1) is 43.2 Å². The summed E-state index contributed by atoms with van der Waals surface area (Å²) >= 11 is 0. The number of hydrogen-bond acceptors (Lipinski definition) is 10. The fraction of sp³-hybridized carbons (Fsp3) is 0.360. The summed E-state index contributed by atoms with van der Waals surface area (Å²) in [6.45, 7) is -10.9. The second-order valence-corrected chi connectivity index (χ2v) is 8.01. The van der Waals surface area contributed by atoms with Crippen LogP contribution in [0.15, 0.2) is 53.3 Å². The van der Waals surface area contributed by atoms with E-state index in [2.05, 4.69) is 24.9 Å².